The topological polar surface area (TPSA) is 78.3 Å². The molecule has 0 atom stereocenters. The number of anilines is 1. The van der Waals surface area contributed by atoms with Crippen LogP contribution < -0.4 is 14.8 Å². The molecule has 0 unspecified atom stereocenters. The number of benzene rings is 1. The molecule has 7 nitrogen and oxygen atoms in total. The van der Waals surface area contributed by atoms with Gasteiger partial charge in [-0.1, -0.05) is 12.1 Å². The van der Waals surface area contributed by atoms with Crippen LogP contribution in [-0.4, -0.2) is 26.7 Å². The standard InChI is InChI=1S/C23H16F2N4O3S/c24-23(25)31-19-6-4-15(12-20(19)32-23)3-5-17-14-33-22(27-17)28-21(30)18-2-1-11-29(18)13-16-7-9-26-10-8-16/h1-12,14H,13H2,(H,27,28,30)/b5-3+. The zero-order chi connectivity index (χ0) is 22.8. The number of rotatable bonds is 6. The number of pyridine rings is 1. The molecule has 4 aromatic rings. The Morgan fingerprint density at radius 2 is 1.94 bits per heavy atom. The molecule has 3 aromatic heterocycles. The van der Waals surface area contributed by atoms with Crippen LogP contribution in [0.1, 0.15) is 27.3 Å². The molecular weight excluding hydrogens is 450 g/mol. The normalized spacial score (nSPS) is 14.0. The van der Waals surface area contributed by atoms with Crippen molar-refractivity contribution in [2.75, 3.05) is 5.32 Å². The number of thiazole rings is 1. The predicted molar refractivity (Wildman–Crippen MR) is 119 cm³/mol. The van der Waals surface area contributed by atoms with Crippen molar-refractivity contribution >= 4 is 34.5 Å². The lowest BCUT2D eigenvalue weighted by Crippen LogP contribution is -2.25. The van der Waals surface area contributed by atoms with Crippen LogP contribution in [0.4, 0.5) is 13.9 Å². The molecule has 1 N–H and O–H groups in total. The van der Waals surface area contributed by atoms with E-state index in [2.05, 4.69) is 24.8 Å². The van der Waals surface area contributed by atoms with Crippen LogP contribution in [0.3, 0.4) is 0 Å². The summed E-state index contributed by atoms with van der Waals surface area (Å²) >= 11 is 1.28. The van der Waals surface area contributed by atoms with E-state index in [1.165, 1.54) is 23.5 Å². The summed E-state index contributed by atoms with van der Waals surface area (Å²) in [6.45, 7) is 0.547. The van der Waals surface area contributed by atoms with Gasteiger partial charge < -0.3 is 14.0 Å². The van der Waals surface area contributed by atoms with Crippen LogP contribution in [0.2, 0.25) is 0 Å². The van der Waals surface area contributed by atoms with E-state index in [9.17, 15) is 13.6 Å². The summed E-state index contributed by atoms with van der Waals surface area (Å²) in [4.78, 5) is 21.1. The molecule has 0 saturated heterocycles. The first-order valence-corrected chi connectivity index (χ1v) is 10.7. The van der Waals surface area contributed by atoms with Crippen molar-refractivity contribution in [3.05, 3.63) is 88.9 Å². The zero-order valence-electron chi connectivity index (χ0n) is 16.9. The number of carbonyl (C=O) groups excluding carboxylic acids is 1. The SMILES string of the molecule is O=C(Nc1nc(/C=C/c2ccc3c(c2)OC(F)(F)O3)cs1)c1cccn1Cc1ccncc1. The molecular formula is C23H16F2N4O3S. The van der Waals surface area contributed by atoms with Gasteiger partial charge >= 0.3 is 6.29 Å². The van der Waals surface area contributed by atoms with Gasteiger partial charge in [-0.3, -0.25) is 15.1 Å². The molecule has 4 heterocycles. The second-order valence-corrected chi connectivity index (χ2v) is 7.97. The van der Waals surface area contributed by atoms with Gasteiger partial charge in [0.05, 0.1) is 5.69 Å². The summed E-state index contributed by atoms with van der Waals surface area (Å²) in [7, 11) is 0. The summed E-state index contributed by atoms with van der Waals surface area (Å²) in [5.74, 6) is -0.303. The molecule has 0 fully saturated rings. The maximum Gasteiger partial charge on any atom is 0.586 e. The van der Waals surface area contributed by atoms with E-state index in [0.717, 1.165) is 5.56 Å². The summed E-state index contributed by atoms with van der Waals surface area (Å²) in [6, 6.07) is 11.9. The Hall–Kier alpha value is -4.05. The van der Waals surface area contributed by atoms with Crippen molar-refractivity contribution in [3.8, 4) is 11.5 Å². The first-order valence-electron chi connectivity index (χ1n) is 9.84. The van der Waals surface area contributed by atoms with Crippen LogP contribution in [0.25, 0.3) is 12.2 Å². The Balaban J connectivity index is 1.24. The highest BCUT2D eigenvalue weighted by atomic mass is 32.1. The zero-order valence-corrected chi connectivity index (χ0v) is 17.8. The molecule has 0 aliphatic carbocycles. The van der Waals surface area contributed by atoms with Gasteiger partial charge in [0, 0.05) is 30.5 Å². The van der Waals surface area contributed by atoms with E-state index in [-0.39, 0.29) is 17.4 Å². The number of hydrogen-bond donors (Lipinski definition) is 1. The minimum atomic E-state index is -3.65. The highest BCUT2D eigenvalue weighted by molar-refractivity contribution is 7.14. The lowest BCUT2D eigenvalue weighted by atomic mass is 10.2. The summed E-state index contributed by atoms with van der Waals surface area (Å²) in [6.07, 6.45) is 5.04. The average Bonchev–Trinajstić information content (AvgIpc) is 3.50. The van der Waals surface area contributed by atoms with Gasteiger partial charge in [0.25, 0.3) is 5.91 Å². The Labute approximate surface area is 191 Å². The fourth-order valence-corrected chi connectivity index (χ4v) is 3.95. The number of alkyl halides is 2. The maximum absolute atomic E-state index is 13.2. The smallest absolute Gasteiger partial charge is 0.395 e. The third kappa shape index (κ3) is 4.75. The Bertz CT molecular complexity index is 1330. The highest BCUT2D eigenvalue weighted by Gasteiger charge is 2.43. The van der Waals surface area contributed by atoms with Gasteiger partial charge in [0.15, 0.2) is 16.6 Å². The Morgan fingerprint density at radius 1 is 1.12 bits per heavy atom. The van der Waals surface area contributed by atoms with Gasteiger partial charge in [-0.25, -0.2) is 4.98 Å². The van der Waals surface area contributed by atoms with E-state index >= 15 is 0 Å². The van der Waals surface area contributed by atoms with Crippen LogP contribution in [0.15, 0.2) is 66.4 Å². The molecule has 1 aliphatic rings. The predicted octanol–water partition coefficient (Wildman–Crippen LogP) is 5.13. The molecule has 1 aliphatic heterocycles. The Morgan fingerprint density at radius 3 is 2.79 bits per heavy atom. The molecule has 10 heteroatoms. The van der Waals surface area contributed by atoms with Crippen molar-refractivity contribution in [3.63, 3.8) is 0 Å². The minimum Gasteiger partial charge on any atom is -0.395 e. The number of ether oxygens (including phenoxy) is 2. The fraction of sp³-hybridized carbons (Fsp3) is 0.0870. The van der Waals surface area contributed by atoms with Crippen LogP contribution in [0, 0.1) is 0 Å². The number of carbonyl (C=O) groups is 1. The van der Waals surface area contributed by atoms with E-state index in [1.807, 2.05) is 29.0 Å². The second-order valence-electron chi connectivity index (χ2n) is 7.12. The third-order valence-electron chi connectivity index (χ3n) is 4.78. The maximum atomic E-state index is 13.2. The van der Waals surface area contributed by atoms with E-state index < -0.39 is 6.29 Å². The number of nitrogens with one attached hydrogen (secondary N) is 1. The van der Waals surface area contributed by atoms with Crippen molar-refractivity contribution < 1.29 is 23.0 Å². The summed E-state index contributed by atoms with van der Waals surface area (Å²) in [5, 5.41) is 5.04. The van der Waals surface area contributed by atoms with Crippen molar-refractivity contribution in [2.45, 2.75) is 12.8 Å². The Kier molecular flexibility index (Phi) is 5.35. The van der Waals surface area contributed by atoms with E-state index in [4.69, 9.17) is 0 Å². The van der Waals surface area contributed by atoms with Gasteiger partial charge in [0.1, 0.15) is 5.69 Å². The molecule has 1 aromatic carbocycles. The molecule has 166 valence electrons. The van der Waals surface area contributed by atoms with Gasteiger partial charge in [-0.05, 0) is 53.6 Å². The van der Waals surface area contributed by atoms with Gasteiger partial charge in [-0.15, -0.1) is 20.1 Å². The van der Waals surface area contributed by atoms with Crippen molar-refractivity contribution in [2.24, 2.45) is 0 Å². The first-order chi connectivity index (χ1) is 15.9. The molecule has 1 amide bonds. The minimum absolute atomic E-state index is 0.00973. The second kappa shape index (κ2) is 8.47. The lowest BCUT2D eigenvalue weighted by Gasteiger charge is -2.08. The summed E-state index contributed by atoms with van der Waals surface area (Å²) < 4.78 is 37.0. The van der Waals surface area contributed by atoms with E-state index in [1.54, 1.807) is 42.1 Å². The van der Waals surface area contributed by atoms with Crippen LogP contribution in [-0.2, 0) is 6.54 Å². The number of halogens is 2. The third-order valence-corrected chi connectivity index (χ3v) is 5.55. The molecule has 0 bridgehead atoms. The first kappa shape index (κ1) is 20.8. The summed E-state index contributed by atoms with van der Waals surface area (Å²) in [5.41, 5.74) is 2.80. The lowest BCUT2D eigenvalue weighted by molar-refractivity contribution is -0.286. The number of amides is 1. The van der Waals surface area contributed by atoms with Gasteiger partial charge in [-0.2, -0.15) is 0 Å². The quantitative estimate of drug-likeness (QED) is 0.426. The monoisotopic (exact) mass is 466 g/mol. The number of aromatic nitrogens is 3. The van der Waals surface area contributed by atoms with Gasteiger partial charge in [0.2, 0.25) is 0 Å². The molecule has 5 rings (SSSR count). The molecule has 0 radical (unpaired) electrons. The molecule has 0 spiro atoms. The van der Waals surface area contributed by atoms with Crippen molar-refractivity contribution in [1.29, 1.82) is 0 Å². The number of nitrogens with zero attached hydrogens (tertiary/aromatic N) is 3. The van der Waals surface area contributed by atoms with E-state index in [0.29, 0.717) is 28.6 Å². The fourth-order valence-electron chi connectivity index (χ4n) is 3.28. The van der Waals surface area contributed by atoms with Crippen LogP contribution in [0.5, 0.6) is 11.5 Å². The van der Waals surface area contributed by atoms with Crippen LogP contribution >= 0.6 is 11.3 Å². The number of hydrogen-bond acceptors (Lipinski definition) is 6. The molecule has 33 heavy (non-hydrogen) atoms. The number of fused-ring (bicyclic) bond motifs is 1. The highest BCUT2D eigenvalue weighted by Crippen LogP contribution is 2.41. The molecule has 0 saturated carbocycles. The largest absolute Gasteiger partial charge is 0.586 e. The van der Waals surface area contributed by atoms with Crippen molar-refractivity contribution in [1.82, 2.24) is 14.5 Å². The average molecular weight is 466 g/mol.